The lowest BCUT2D eigenvalue weighted by Gasteiger charge is -2.06. The number of rotatable bonds is 3. The lowest BCUT2D eigenvalue weighted by atomic mass is 10.0. The number of nitrogens with zero attached hydrogens (tertiary/aromatic N) is 2. The van der Waals surface area contributed by atoms with Crippen LogP contribution in [0.25, 0.3) is 27.9 Å². The lowest BCUT2D eigenvalue weighted by Crippen LogP contribution is -2.15. The maximum absolute atomic E-state index is 12.3. The number of hydrogen-bond acceptors (Lipinski definition) is 2. The van der Waals surface area contributed by atoms with Crippen molar-refractivity contribution in [1.29, 1.82) is 0 Å². The van der Waals surface area contributed by atoms with Crippen LogP contribution in [0.3, 0.4) is 0 Å². The van der Waals surface area contributed by atoms with Gasteiger partial charge in [-0.3, -0.25) is 9.20 Å². The van der Waals surface area contributed by atoms with Gasteiger partial charge in [-0.15, -0.1) is 0 Å². The van der Waals surface area contributed by atoms with Gasteiger partial charge in [-0.05, 0) is 41.3 Å². The van der Waals surface area contributed by atoms with Gasteiger partial charge in [0.2, 0.25) is 0 Å². The standard InChI is InChI=1S/C23H17ClN2O/c1-16-6-5-13-26-22(27)15-21(25-23(16)26)20(24)14-17-9-11-19(12-10-17)18-7-3-2-4-8-18/h2-15H,1H3/b20-14-. The van der Waals surface area contributed by atoms with E-state index < -0.39 is 0 Å². The molecule has 0 unspecified atom stereocenters. The molecule has 2 heterocycles. The van der Waals surface area contributed by atoms with E-state index in [1.807, 2.05) is 55.5 Å². The molecule has 2 aromatic heterocycles. The molecule has 0 atom stereocenters. The molecule has 3 nitrogen and oxygen atoms in total. The van der Waals surface area contributed by atoms with E-state index in [1.54, 1.807) is 6.20 Å². The summed E-state index contributed by atoms with van der Waals surface area (Å²) in [5.41, 5.74) is 5.12. The normalized spacial score (nSPS) is 11.7. The summed E-state index contributed by atoms with van der Waals surface area (Å²) in [7, 11) is 0. The van der Waals surface area contributed by atoms with Gasteiger partial charge in [0.15, 0.2) is 0 Å². The van der Waals surface area contributed by atoms with E-state index >= 15 is 0 Å². The molecule has 4 aromatic rings. The van der Waals surface area contributed by atoms with Crippen LogP contribution in [0.2, 0.25) is 0 Å². The smallest absolute Gasteiger partial charge is 0.258 e. The van der Waals surface area contributed by atoms with Crippen molar-refractivity contribution in [3.63, 3.8) is 0 Å². The third kappa shape index (κ3) is 3.55. The molecule has 0 aliphatic carbocycles. The van der Waals surface area contributed by atoms with Crippen LogP contribution in [-0.2, 0) is 0 Å². The largest absolute Gasteiger partial charge is 0.269 e. The van der Waals surface area contributed by atoms with Crippen LogP contribution in [0.5, 0.6) is 0 Å². The number of fused-ring (bicyclic) bond motifs is 1. The molecule has 0 amide bonds. The zero-order valence-corrected chi connectivity index (χ0v) is 15.5. The Hall–Kier alpha value is -3.17. The van der Waals surface area contributed by atoms with Gasteiger partial charge in [0.1, 0.15) is 5.65 Å². The zero-order chi connectivity index (χ0) is 18.8. The number of benzene rings is 2. The molecular weight excluding hydrogens is 356 g/mol. The molecular formula is C23H17ClN2O. The summed E-state index contributed by atoms with van der Waals surface area (Å²) in [4.78, 5) is 16.9. The molecule has 0 aliphatic rings. The SMILES string of the molecule is Cc1cccn2c(=O)cc(/C(Cl)=C/c3ccc(-c4ccccc4)cc3)nc12. The fourth-order valence-electron chi connectivity index (χ4n) is 3.01. The second kappa shape index (κ2) is 7.22. The Bertz CT molecular complexity index is 1190. The molecule has 0 saturated heterocycles. The van der Waals surface area contributed by atoms with E-state index in [0.717, 1.165) is 16.7 Å². The summed E-state index contributed by atoms with van der Waals surface area (Å²) in [5, 5.41) is 0.435. The highest BCUT2D eigenvalue weighted by molar-refractivity contribution is 6.51. The van der Waals surface area contributed by atoms with Crippen molar-refractivity contribution in [3.8, 4) is 11.1 Å². The lowest BCUT2D eigenvalue weighted by molar-refractivity contribution is 1.02. The molecule has 0 aliphatic heterocycles. The average molecular weight is 373 g/mol. The van der Waals surface area contributed by atoms with E-state index in [2.05, 4.69) is 29.2 Å². The first-order valence-corrected chi connectivity index (χ1v) is 9.02. The maximum Gasteiger partial charge on any atom is 0.258 e. The van der Waals surface area contributed by atoms with Crippen molar-refractivity contribution in [2.45, 2.75) is 6.92 Å². The van der Waals surface area contributed by atoms with Crippen LogP contribution >= 0.6 is 11.6 Å². The monoisotopic (exact) mass is 372 g/mol. The zero-order valence-electron chi connectivity index (χ0n) is 14.8. The fourth-order valence-corrected chi connectivity index (χ4v) is 3.23. The van der Waals surface area contributed by atoms with E-state index in [-0.39, 0.29) is 5.56 Å². The predicted molar refractivity (Wildman–Crippen MR) is 112 cm³/mol. The molecule has 0 spiro atoms. The third-order valence-electron chi connectivity index (χ3n) is 4.44. The fraction of sp³-hybridized carbons (Fsp3) is 0.0435. The second-order valence-electron chi connectivity index (χ2n) is 6.34. The summed E-state index contributed by atoms with van der Waals surface area (Å²) in [6, 6.07) is 23.5. The number of hydrogen-bond donors (Lipinski definition) is 0. The van der Waals surface area contributed by atoms with Crippen LogP contribution in [0, 0.1) is 6.92 Å². The Balaban J connectivity index is 1.69. The molecule has 27 heavy (non-hydrogen) atoms. The van der Waals surface area contributed by atoms with E-state index in [0.29, 0.717) is 16.4 Å². The Morgan fingerprint density at radius 2 is 1.67 bits per heavy atom. The number of halogens is 1. The first kappa shape index (κ1) is 17.3. The molecule has 4 rings (SSSR count). The molecule has 0 fully saturated rings. The van der Waals surface area contributed by atoms with E-state index in [1.165, 1.54) is 16.0 Å². The summed E-state index contributed by atoms with van der Waals surface area (Å²) in [5.74, 6) is 0. The van der Waals surface area contributed by atoms with E-state index in [9.17, 15) is 4.79 Å². The molecule has 0 bridgehead atoms. The Morgan fingerprint density at radius 1 is 0.963 bits per heavy atom. The highest BCUT2D eigenvalue weighted by Gasteiger charge is 2.07. The average Bonchev–Trinajstić information content (AvgIpc) is 2.70. The highest BCUT2D eigenvalue weighted by atomic mass is 35.5. The summed E-state index contributed by atoms with van der Waals surface area (Å²) in [6.45, 7) is 1.92. The van der Waals surface area contributed by atoms with E-state index in [4.69, 9.17) is 11.6 Å². The Kier molecular flexibility index (Phi) is 4.61. The Labute approximate surface area is 162 Å². The molecule has 0 radical (unpaired) electrons. The van der Waals surface area contributed by atoms with Crippen molar-refractivity contribution in [2.75, 3.05) is 0 Å². The van der Waals surface area contributed by atoms with Crippen LogP contribution in [0.4, 0.5) is 0 Å². The minimum atomic E-state index is -0.148. The predicted octanol–water partition coefficient (Wildman–Crippen LogP) is 5.41. The van der Waals surface area contributed by atoms with Crippen LogP contribution < -0.4 is 5.56 Å². The van der Waals surface area contributed by atoms with Crippen molar-refractivity contribution < 1.29 is 0 Å². The van der Waals surface area contributed by atoms with Crippen LogP contribution in [0.15, 0.2) is 83.8 Å². The van der Waals surface area contributed by atoms with Gasteiger partial charge < -0.3 is 0 Å². The van der Waals surface area contributed by atoms with Gasteiger partial charge in [0.25, 0.3) is 5.56 Å². The van der Waals surface area contributed by atoms with Crippen molar-refractivity contribution in [2.24, 2.45) is 0 Å². The first-order valence-electron chi connectivity index (χ1n) is 8.64. The summed E-state index contributed by atoms with van der Waals surface area (Å²) < 4.78 is 1.53. The van der Waals surface area contributed by atoms with Gasteiger partial charge >= 0.3 is 0 Å². The quantitative estimate of drug-likeness (QED) is 0.482. The third-order valence-corrected chi connectivity index (χ3v) is 4.74. The topological polar surface area (TPSA) is 34.4 Å². The number of aryl methyl sites for hydroxylation is 1. The number of aromatic nitrogens is 2. The minimum absolute atomic E-state index is 0.148. The van der Waals surface area contributed by atoms with Crippen LogP contribution in [0.1, 0.15) is 16.8 Å². The van der Waals surface area contributed by atoms with Crippen LogP contribution in [-0.4, -0.2) is 9.38 Å². The molecule has 4 heteroatoms. The maximum atomic E-state index is 12.3. The van der Waals surface area contributed by atoms with Crippen molar-refractivity contribution in [1.82, 2.24) is 9.38 Å². The van der Waals surface area contributed by atoms with Crippen molar-refractivity contribution in [3.05, 3.63) is 106 Å². The first-order chi connectivity index (χ1) is 13.1. The summed E-state index contributed by atoms with van der Waals surface area (Å²) in [6.07, 6.45) is 3.54. The minimum Gasteiger partial charge on any atom is -0.269 e. The van der Waals surface area contributed by atoms with Gasteiger partial charge in [-0.2, -0.15) is 0 Å². The Morgan fingerprint density at radius 3 is 2.41 bits per heavy atom. The second-order valence-corrected chi connectivity index (χ2v) is 6.75. The summed E-state index contributed by atoms with van der Waals surface area (Å²) >= 11 is 6.47. The molecule has 0 N–H and O–H groups in total. The number of pyridine rings is 1. The highest BCUT2D eigenvalue weighted by Crippen LogP contribution is 2.23. The van der Waals surface area contributed by atoms with Gasteiger partial charge in [0, 0.05) is 12.3 Å². The molecule has 0 saturated carbocycles. The van der Waals surface area contributed by atoms with Gasteiger partial charge in [0.05, 0.1) is 10.7 Å². The van der Waals surface area contributed by atoms with Gasteiger partial charge in [-0.25, -0.2) is 4.98 Å². The molecule has 132 valence electrons. The van der Waals surface area contributed by atoms with Gasteiger partial charge in [-0.1, -0.05) is 72.3 Å². The molecule has 2 aromatic carbocycles. The van der Waals surface area contributed by atoms with Crippen molar-refractivity contribution >= 4 is 28.4 Å².